The molecule has 2 saturated heterocycles. The quantitative estimate of drug-likeness (QED) is 0.792. The Kier molecular flexibility index (Phi) is 5.78. The third kappa shape index (κ3) is 3.97. The predicted octanol–water partition coefficient (Wildman–Crippen LogP) is 3.68. The van der Waals surface area contributed by atoms with Crippen LogP contribution in [0.2, 0.25) is 0 Å². The van der Waals surface area contributed by atoms with Gasteiger partial charge in [0.15, 0.2) is 0 Å². The number of carbonyl (C=O) groups excluding carboxylic acids is 2. The van der Waals surface area contributed by atoms with Crippen LogP contribution in [0.5, 0.6) is 5.75 Å². The van der Waals surface area contributed by atoms with E-state index in [2.05, 4.69) is 27.7 Å². The molecule has 2 aliphatic rings. The average molecular weight is 373 g/mol. The van der Waals surface area contributed by atoms with Gasteiger partial charge in [-0.1, -0.05) is 27.7 Å². The zero-order valence-corrected chi connectivity index (χ0v) is 17.2. The van der Waals surface area contributed by atoms with E-state index < -0.39 is 0 Å². The lowest BCUT2D eigenvalue weighted by molar-refractivity contribution is -0.134. The summed E-state index contributed by atoms with van der Waals surface area (Å²) in [6, 6.07) is 6.01. The van der Waals surface area contributed by atoms with Crippen molar-refractivity contribution < 1.29 is 14.3 Å². The van der Waals surface area contributed by atoms with Gasteiger partial charge in [0.2, 0.25) is 5.91 Å². The second-order valence-corrected chi connectivity index (χ2v) is 8.61. The smallest absolute Gasteiger partial charge is 0.254 e. The summed E-state index contributed by atoms with van der Waals surface area (Å²) in [5.41, 5.74) is 1.78. The van der Waals surface area contributed by atoms with Crippen LogP contribution in [0.25, 0.3) is 0 Å². The first kappa shape index (κ1) is 19.7. The Labute approximate surface area is 162 Å². The summed E-state index contributed by atoms with van der Waals surface area (Å²) in [4.78, 5) is 29.7. The lowest BCUT2D eigenvalue weighted by Crippen LogP contribution is -2.57. The molecule has 0 aliphatic carbocycles. The van der Waals surface area contributed by atoms with Crippen LogP contribution in [-0.2, 0) is 4.79 Å². The normalized spacial score (nSPS) is 21.9. The fourth-order valence-electron chi connectivity index (χ4n) is 4.38. The third-order valence-electron chi connectivity index (χ3n) is 5.75. The van der Waals surface area contributed by atoms with E-state index in [1.54, 1.807) is 7.11 Å². The minimum absolute atomic E-state index is 0.0861. The van der Waals surface area contributed by atoms with E-state index in [9.17, 15) is 9.59 Å². The summed E-state index contributed by atoms with van der Waals surface area (Å²) < 4.78 is 5.44. The Morgan fingerprint density at radius 3 is 2.26 bits per heavy atom. The largest absolute Gasteiger partial charge is 0.496 e. The highest BCUT2D eigenvalue weighted by Crippen LogP contribution is 2.34. The molecule has 2 unspecified atom stereocenters. The van der Waals surface area contributed by atoms with Crippen molar-refractivity contribution in [1.29, 1.82) is 0 Å². The van der Waals surface area contributed by atoms with Crippen LogP contribution < -0.4 is 4.74 Å². The number of carbonyl (C=O) groups is 2. The van der Waals surface area contributed by atoms with Crippen molar-refractivity contribution in [2.45, 2.75) is 65.0 Å². The second-order valence-electron chi connectivity index (χ2n) is 8.61. The van der Waals surface area contributed by atoms with Crippen molar-refractivity contribution in [3.63, 3.8) is 0 Å². The van der Waals surface area contributed by atoms with Gasteiger partial charge in [-0.15, -0.1) is 0 Å². The maximum absolute atomic E-state index is 13.3. The van der Waals surface area contributed by atoms with Crippen molar-refractivity contribution in [2.24, 2.45) is 5.92 Å². The van der Waals surface area contributed by atoms with E-state index in [4.69, 9.17) is 4.74 Å². The van der Waals surface area contributed by atoms with Crippen LogP contribution in [0.1, 0.15) is 68.8 Å². The Morgan fingerprint density at radius 1 is 1.11 bits per heavy atom. The first-order valence-electron chi connectivity index (χ1n) is 10.1. The lowest BCUT2D eigenvalue weighted by Gasteiger charge is -2.41. The van der Waals surface area contributed by atoms with Gasteiger partial charge in [-0.3, -0.25) is 9.59 Å². The van der Waals surface area contributed by atoms with E-state index in [0.29, 0.717) is 25.4 Å². The Balaban J connectivity index is 1.77. The molecule has 5 nitrogen and oxygen atoms in total. The molecule has 1 aromatic rings. The van der Waals surface area contributed by atoms with Gasteiger partial charge in [-0.2, -0.15) is 0 Å². The molecular formula is C22H32N2O3. The maximum Gasteiger partial charge on any atom is 0.254 e. The van der Waals surface area contributed by atoms with Crippen molar-refractivity contribution >= 4 is 11.8 Å². The highest BCUT2D eigenvalue weighted by Gasteiger charge is 2.44. The molecule has 2 bridgehead atoms. The molecule has 2 heterocycles. The highest BCUT2D eigenvalue weighted by atomic mass is 16.5. The van der Waals surface area contributed by atoms with Crippen LogP contribution in [0, 0.1) is 5.92 Å². The number of fused-ring (bicyclic) bond motifs is 2. The fourth-order valence-corrected chi connectivity index (χ4v) is 4.38. The number of nitrogens with zero attached hydrogens (tertiary/aromatic N) is 2. The number of hydrogen-bond donors (Lipinski definition) is 0. The molecule has 3 rings (SSSR count). The van der Waals surface area contributed by atoms with E-state index in [1.807, 2.05) is 28.0 Å². The Hall–Kier alpha value is -2.04. The van der Waals surface area contributed by atoms with E-state index in [0.717, 1.165) is 29.7 Å². The van der Waals surface area contributed by atoms with Crippen molar-refractivity contribution in [1.82, 2.24) is 9.80 Å². The summed E-state index contributed by atoms with van der Waals surface area (Å²) in [6.45, 7) is 9.69. The minimum atomic E-state index is 0.0861. The van der Waals surface area contributed by atoms with Gasteiger partial charge >= 0.3 is 0 Å². The van der Waals surface area contributed by atoms with E-state index >= 15 is 0 Å². The van der Waals surface area contributed by atoms with Gasteiger partial charge in [0.25, 0.3) is 5.91 Å². The number of methoxy groups -OCH3 is 1. The maximum atomic E-state index is 13.3. The molecule has 0 spiro atoms. The first-order chi connectivity index (χ1) is 12.8. The zero-order valence-electron chi connectivity index (χ0n) is 17.2. The molecule has 0 aromatic heterocycles. The monoisotopic (exact) mass is 372 g/mol. The summed E-state index contributed by atoms with van der Waals surface area (Å²) in [5.74, 6) is 1.79. The standard InChI is InChI=1S/C22H32N2O3/c1-14(2)10-21(25)23-12-17-7-8-18(13-23)24(17)22(26)16-6-9-20(27-5)19(11-16)15(3)4/h6,9,11,14-15,17-18H,7-8,10,12-13H2,1-5H3. The molecule has 2 atom stereocenters. The number of piperazine rings is 1. The molecule has 0 saturated carbocycles. The fraction of sp³-hybridized carbons (Fsp3) is 0.636. The molecular weight excluding hydrogens is 340 g/mol. The second kappa shape index (κ2) is 7.91. The molecule has 2 aliphatic heterocycles. The molecule has 27 heavy (non-hydrogen) atoms. The zero-order chi connectivity index (χ0) is 19.7. The predicted molar refractivity (Wildman–Crippen MR) is 106 cm³/mol. The molecule has 2 fully saturated rings. The first-order valence-corrected chi connectivity index (χ1v) is 10.1. The van der Waals surface area contributed by atoms with Gasteiger partial charge in [0, 0.05) is 25.1 Å². The molecule has 0 radical (unpaired) electrons. The average Bonchev–Trinajstić information content (AvgIpc) is 2.89. The van der Waals surface area contributed by atoms with Crippen LogP contribution in [-0.4, -0.2) is 53.9 Å². The van der Waals surface area contributed by atoms with Gasteiger partial charge in [-0.25, -0.2) is 0 Å². The van der Waals surface area contributed by atoms with Crippen LogP contribution in [0.3, 0.4) is 0 Å². The van der Waals surface area contributed by atoms with Gasteiger partial charge in [-0.05, 0) is 48.4 Å². The minimum Gasteiger partial charge on any atom is -0.496 e. The van der Waals surface area contributed by atoms with Gasteiger partial charge in [0.05, 0.1) is 19.2 Å². The van der Waals surface area contributed by atoms with Crippen molar-refractivity contribution in [2.75, 3.05) is 20.2 Å². The van der Waals surface area contributed by atoms with Crippen molar-refractivity contribution in [3.8, 4) is 5.75 Å². The lowest BCUT2D eigenvalue weighted by atomic mass is 9.98. The van der Waals surface area contributed by atoms with Gasteiger partial charge in [0.1, 0.15) is 5.75 Å². The number of hydrogen-bond acceptors (Lipinski definition) is 3. The van der Waals surface area contributed by atoms with E-state index in [-0.39, 0.29) is 29.8 Å². The third-order valence-corrected chi connectivity index (χ3v) is 5.75. The SMILES string of the molecule is COc1ccc(C(=O)N2C3CCC2CN(C(=O)CC(C)C)C3)cc1C(C)C. The topological polar surface area (TPSA) is 49.9 Å². The molecule has 1 aromatic carbocycles. The highest BCUT2D eigenvalue weighted by molar-refractivity contribution is 5.95. The summed E-state index contributed by atoms with van der Waals surface area (Å²) >= 11 is 0. The molecule has 2 amide bonds. The number of likely N-dealkylation sites (tertiary alicyclic amines) is 1. The molecule has 5 heteroatoms. The van der Waals surface area contributed by atoms with Crippen molar-refractivity contribution in [3.05, 3.63) is 29.3 Å². The number of ether oxygens (including phenoxy) is 1. The summed E-state index contributed by atoms with van der Waals surface area (Å²) in [6.07, 6.45) is 2.55. The summed E-state index contributed by atoms with van der Waals surface area (Å²) in [7, 11) is 1.66. The summed E-state index contributed by atoms with van der Waals surface area (Å²) in [5, 5.41) is 0. The van der Waals surface area contributed by atoms with Gasteiger partial charge < -0.3 is 14.5 Å². The Morgan fingerprint density at radius 2 is 1.74 bits per heavy atom. The molecule has 0 N–H and O–H groups in total. The Bertz CT molecular complexity index is 700. The van der Waals surface area contributed by atoms with Crippen LogP contribution in [0.4, 0.5) is 0 Å². The van der Waals surface area contributed by atoms with Crippen LogP contribution in [0.15, 0.2) is 18.2 Å². The number of benzene rings is 1. The molecule has 148 valence electrons. The number of amides is 2. The van der Waals surface area contributed by atoms with E-state index in [1.165, 1.54) is 0 Å². The number of rotatable bonds is 5. The van der Waals surface area contributed by atoms with Crippen LogP contribution >= 0.6 is 0 Å².